The minimum atomic E-state index is 0.0887. The smallest absolute Gasteiger partial charge is 0.254 e. The molecule has 0 spiro atoms. The number of ether oxygens (including phenoxy) is 2. The summed E-state index contributed by atoms with van der Waals surface area (Å²) in [5, 5.41) is 0.898. The number of benzene rings is 2. The monoisotopic (exact) mass is 402 g/mol. The fraction of sp³-hybridized carbons (Fsp3) is 0.360. The number of fused-ring (bicyclic) bond motifs is 2. The predicted octanol–water partition coefficient (Wildman–Crippen LogP) is 4.79. The van der Waals surface area contributed by atoms with Gasteiger partial charge < -0.3 is 14.4 Å². The molecule has 2 aromatic carbocycles. The molecule has 5 rings (SSSR count). The van der Waals surface area contributed by atoms with Gasteiger partial charge in [-0.25, -0.2) is 4.98 Å². The third-order valence-electron chi connectivity index (χ3n) is 5.94. The summed E-state index contributed by atoms with van der Waals surface area (Å²) in [7, 11) is 0. The molecule has 1 aromatic heterocycles. The summed E-state index contributed by atoms with van der Waals surface area (Å²) in [4.78, 5) is 20.4. The first-order chi connectivity index (χ1) is 14.6. The summed E-state index contributed by atoms with van der Waals surface area (Å²) in [6.07, 6.45) is 1.17. The average molecular weight is 402 g/mol. The molecule has 154 valence electrons. The maximum atomic E-state index is 13.6. The summed E-state index contributed by atoms with van der Waals surface area (Å²) in [6, 6.07) is 15.6. The van der Waals surface area contributed by atoms with Crippen molar-refractivity contribution in [2.45, 2.75) is 20.3 Å². The second-order valence-corrected chi connectivity index (χ2v) is 8.59. The van der Waals surface area contributed by atoms with Crippen molar-refractivity contribution in [1.82, 2.24) is 9.88 Å². The van der Waals surface area contributed by atoms with E-state index in [-0.39, 0.29) is 5.91 Å². The normalized spacial score (nSPS) is 20.9. The number of rotatable bonds is 2. The maximum Gasteiger partial charge on any atom is 0.254 e. The molecule has 3 heterocycles. The van der Waals surface area contributed by atoms with Crippen LogP contribution in [0.25, 0.3) is 22.2 Å². The van der Waals surface area contributed by atoms with Crippen molar-refractivity contribution in [2.75, 3.05) is 26.3 Å². The number of hydrogen-bond acceptors (Lipinski definition) is 4. The van der Waals surface area contributed by atoms with Crippen LogP contribution >= 0.6 is 0 Å². The van der Waals surface area contributed by atoms with Gasteiger partial charge in [0.1, 0.15) is 13.2 Å². The molecule has 0 aliphatic carbocycles. The van der Waals surface area contributed by atoms with Crippen LogP contribution < -0.4 is 9.47 Å². The molecule has 30 heavy (non-hydrogen) atoms. The van der Waals surface area contributed by atoms with Crippen molar-refractivity contribution in [3.8, 4) is 22.8 Å². The fourth-order valence-corrected chi connectivity index (χ4v) is 4.70. The highest BCUT2D eigenvalue weighted by Crippen LogP contribution is 2.35. The third-order valence-corrected chi connectivity index (χ3v) is 5.94. The third kappa shape index (κ3) is 3.49. The quantitative estimate of drug-likeness (QED) is 0.618. The fourth-order valence-electron chi connectivity index (χ4n) is 4.70. The van der Waals surface area contributed by atoms with Crippen LogP contribution in [0.4, 0.5) is 0 Å². The first-order valence-electron chi connectivity index (χ1n) is 10.7. The molecule has 1 saturated heterocycles. The summed E-state index contributed by atoms with van der Waals surface area (Å²) in [6.45, 7) is 7.16. The molecular weight excluding hydrogens is 376 g/mol. The molecule has 5 heteroatoms. The van der Waals surface area contributed by atoms with Crippen molar-refractivity contribution in [3.05, 3.63) is 54.1 Å². The number of hydrogen-bond donors (Lipinski definition) is 0. The number of nitrogens with zero attached hydrogens (tertiary/aromatic N) is 2. The highest BCUT2D eigenvalue weighted by molar-refractivity contribution is 6.07. The number of carbonyl (C=O) groups is 1. The molecule has 2 atom stereocenters. The van der Waals surface area contributed by atoms with Gasteiger partial charge in [0.2, 0.25) is 0 Å². The van der Waals surface area contributed by atoms with Crippen molar-refractivity contribution in [3.63, 3.8) is 0 Å². The summed E-state index contributed by atoms with van der Waals surface area (Å²) in [5.74, 6) is 2.59. The zero-order chi connectivity index (χ0) is 20.7. The molecule has 1 amide bonds. The van der Waals surface area contributed by atoms with E-state index in [1.807, 2.05) is 53.4 Å². The van der Waals surface area contributed by atoms with Crippen molar-refractivity contribution in [2.24, 2.45) is 11.8 Å². The SMILES string of the molecule is CC1CC(C)CN(C(=O)c2cc(-c3ccc4c(c3)OCCO4)nc3ccccc23)C1. The standard InChI is InChI=1S/C25H26N2O3/c1-16-11-17(2)15-27(14-16)25(28)20-13-22(26-21-6-4-3-5-19(20)21)18-7-8-23-24(12-18)30-10-9-29-23/h3-8,12-13,16-17H,9-11,14-15H2,1-2H3. The van der Waals surface area contributed by atoms with E-state index in [0.29, 0.717) is 30.6 Å². The van der Waals surface area contributed by atoms with Gasteiger partial charge in [-0.05, 0) is 48.6 Å². The predicted molar refractivity (Wildman–Crippen MR) is 117 cm³/mol. The van der Waals surface area contributed by atoms with Crippen LogP contribution in [0.5, 0.6) is 11.5 Å². The van der Waals surface area contributed by atoms with Crippen LogP contribution in [0.1, 0.15) is 30.6 Å². The molecule has 1 fully saturated rings. The lowest BCUT2D eigenvalue weighted by molar-refractivity contribution is 0.0625. The van der Waals surface area contributed by atoms with E-state index < -0.39 is 0 Å². The number of para-hydroxylation sites is 1. The van der Waals surface area contributed by atoms with Gasteiger partial charge in [-0.1, -0.05) is 32.0 Å². The summed E-state index contributed by atoms with van der Waals surface area (Å²) >= 11 is 0. The van der Waals surface area contributed by atoms with Crippen LogP contribution in [-0.2, 0) is 0 Å². The van der Waals surface area contributed by atoms with Gasteiger partial charge in [-0.15, -0.1) is 0 Å². The molecule has 3 aromatic rings. The van der Waals surface area contributed by atoms with E-state index >= 15 is 0 Å². The molecule has 0 radical (unpaired) electrons. The lowest BCUT2D eigenvalue weighted by Gasteiger charge is -2.35. The minimum absolute atomic E-state index is 0.0887. The minimum Gasteiger partial charge on any atom is -0.486 e. The van der Waals surface area contributed by atoms with E-state index in [4.69, 9.17) is 14.5 Å². The Hall–Kier alpha value is -3.08. The lowest BCUT2D eigenvalue weighted by Crippen LogP contribution is -2.42. The first-order valence-corrected chi connectivity index (χ1v) is 10.7. The Bertz CT molecular complexity index is 1100. The number of aromatic nitrogens is 1. The summed E-state index contributed by atoms with van der Waals surface area (Å²) in [5.41, 5.74) is 3.23. The number of carbonyl (C=O) groups excluding carboxylic acids is 1. The summed E-state index contributed by atoms with van der Waals surface area (Å²) < 4.78 is 11.4. The van der Waals surface area contributed by atoms with Crippen molar-refractivity contribution in [1.29, 1.82) is 0 Å². The molecule has 5 nitrogen and oxygen atoms in total. The number of amides is 1. The van der Waals surface area contributed by atoms with Gasteiger partial charge >= 0.3 is 0 Å². The molecule has 0 N–H and O–H groups in total. The Morgan fingerprint density at radius 1 is 0.967 bits per heavy atom. The van der Waals surface area contributed by atoms with E-state index in [1.165, 1.54) is 6.42 Å². The number of pyridine rings is 1. The van der Waals surface area contributed by atoms with Gasteiger partial charge in [0.25, 0.3) is 5.91 Å². The van der Waals surface area contributed by atoms with E-state index in [1.54, 1.807) is 0 Å². The molecule has 2 aliphatic heterocycles. The van der Waals surface area contributed by atoms with Gasteiger partial charge in [-0.3, -0.25) is 4.79 Å². The van der Waals surface area contributed by atoms with Crippen LogP contribution in [-0.4, -0.2) is 42.1 Å². The van der Waals surface area contributed by atoms with Gasteiger partial charge in [-0.2, -0.15) is 0 Å². The Labute approximate surface area is 176 Å². The van der Waals surface area contributed by atoms with Crippen molar-refractivity contribution < 1.29 is 14.3 Å². The van der Waals surface area contributed by atoms with Gasteiger partial charge in [0, 0.05) is 24.0 Å². The average Bonchev–Trinajstić information content (AvgIpc) is 2.77. The van der Waals surface area contributed by atoms with Gasteiger partial charge in [0.05, 0.1) is 16.8 Å². The van der Waals surface area contributed by atoms with E-state index in [0.717, 1.165) is 46.7 Å². The van der Waals surface area contributed by atoms with Crippen LogP contribution in [0.2, 0.25) is 0 Å². The van der Waals surface area contributed by atoms with Crippen LogP contribution in [0.15, 0.2) is 48.5 Å². The highest BCUT2D eigenvalue weighted by atomic mass is 16.6. The van der Waals surface area contributed by atoms with Crippen LogP contribution in [0, 0.1) is 11.8 Å². The molecule has 2 aliphatic rings. The maximum absolute atomic E-state index is 13.6. The lowest BCUT2D eigenvalue weighted by atomic mass is 9.91. The van der Waals surface area contributed by atoms with Crippen LogP contribution in [0.3, 0.4) is 0 Å². The van der Waals surface area contributed by atoms with E-state index in [9.17, 15) is 4.79 Å². The zero-order valence-electron chi connectivity index (χ0n) is 17.4. The molecular formula is C25H26N2O3. The first kappa shape index (κ1) is 18.9. The highest BCUT2D eigenvalue weighted by Gasteiger charge is 2.27. The number of piperidine rings is 1. The second-order valence-electron chi connectivity index (χ2n) is 8.59. The molecule has 0 saturated carbocycles. The Balaban J connectivity index is 1.59. The number of likely N-dealkylation sites (tertiary alicyclic amines) is 1. The molecule has 2 unspecified atom stereocenters. The molecule has 0 bridgehead atoms. The van der Waals surface area contributed by atoms with Crippen molar-refractivity contribution >= 4 is 16.8 Å². The zero-order valence-corrected chi connectivity index (χ0v) is 17.4. The van der Waals surface area contributed by atoms with E-state index in [2.05, 4.69) is 13.8 Å². The van der Waals surface area contributed by atoms with Gasteiger partial charge in [0.15, 0.2) is 11.5 Å². The Morgan fingerprint density at radius 3 is 2.50 bits per heavy atom. The Morgan fingerprint density at radius 2 is 1.70 bits per heavy atom. The topological polar surface area (TPSA) is 51.7 Å². The second kappa shape index (κ2) is 7.63. The Kier molecular flexibility index (Phi) is 4.81. The largest absolute Gasteiger partial charge is 0.486 e.